The molecule has 0 bridgehead atoms. The van der Waals surface area contributed by atoms with Gasteiger partial charge in [-0.25, -0.2) is 0 Å². The number of rotatable bonds is 1. The SMILES string of the molecule is CCN1CC(C)C(O)C1.CNC. The molecular weight excluding hydrogens is 152 g/mol. The van der Waals surface area contributed by atoms with E-state index in [-0.39, 0.29) is 6.10 Å². The standard InChI is InChI=1S/C7H15NO.C2H7N/c1-3-8-4-6(2)7(9)5-8;1-3-2/h6-7,9H,3-5H2,1-2H3;3H,1-2H3. The van der Waals surface area contributed by atoms with E-state index in [2.05, 4.69) is 24.1 Å². The molecule has 1 saturated heterocycles. The molecule has 1 aliphatic heterocycles. The number of aliphatic hydroxyl groups excluding tert-OH is 1. The summed E-state index contributed by atoms with van der Waals surface area (Å²) in [6, 6.07) is 0. The molecule has 3 heteroatoms. The molecule has 0 aromatic carbocycles. The van der Waals surface area contributed by atoms with Gasteiger partial charge in [-0.3, -0.25) is 0 Å². The fraction of sp³-hybridized carbons (Fsp3) is 1.00. The summed E-state index contributed by atoms with van der Waals surface area (Å²) >= 11 is 0. The molecule has 2 unspecified atom stereocenters. The van der Waals surface area contributed by atoms with Crippen molar-refractivity contribution in [1.29, 1.82) is 0 Å². The van der Waals surface area contributed by atoms with E-state index in [1.54, 1.807) is 0 Å². The highest BCUT2D eigenvalue weighted by Gasteiger charge is 2.25. The molecule has 0 aromatic rings. The molecule has 0 saturated carbocycles. The van der Waals surface area contributed by atoms with E-state index in [9.17, 15) is 5.11 Å². The summed E-state index contributed by atoms with van der Waals surface area (Å²) < 4.78 is 0. The van der Waals surface area contributed by atoms with Crippen molar-refractivity contribution in [3.8, 4) is 0 Å². The second-order valence-corrected chi connectivity index (χ2v) is 3.40. The number of hydrogen-bond donors (Lipinski definition) is 2. The van der Waals surface area contributed by atoms with Gasteiger partial charge in [0, 0.05) is 13.1 Å². The summed E-state index contributed by atoms with van der Waals surface area (Å²) in [5.74, 6) is 0.477. The van der Waals surface area contributed by atoms with Crippen LogP contribution < -0.4 is 5.32 Å². The van der Waals surface area contributed by atoms with Gasteiger partial charge in [-0.15, -0.1) is 0 Å². The van der Waals surface area contributed by atoms with Crippen LogP contribution in [0.3, 0.4) is 0 Å². The number of nitrogens with zero attached hydrogens (tertiary/aromatic N) is 1. The van der Waals surface area contributed by atoms with Crippen LogP contribution in [-0.4, -0.2) is 49.8 Å². The highest BCUT2D eigenvalue weighted by molar-refractivity contribution is 4.79. The molecule has 3 nitrogen and oxygen atoms in total. The monoisotopic (exact) mass is 174 g/mol. The van der Waals surface area contributed by atoms with E-state index < -0.39 is 0 Å². The summed E-state index contributed by atoms with van der Waals surface area (Å²) in [6.07, 6.45) is -0.0788. The lowest BCUT2D eigenvalue weighted by Crippen LogP contribution is -2.21. The van der Waals surface area contributed by atoms with Crippen LogP contribution in [0.1, 0.15) is 13.8 Å². The molecule has 1 aliphatic rings. The smallest absolute Gasteiger partial charge is 0.0704 e. The van der Waals surface area contributed by atoms with Crippen LogP contribution >= 0.6 is 0 Å². The summed E-state index contributed by atoms with van der Waals surface area (Å²) in [7, 11) is 3.75. The Morgan fingerprint density at radius 2 is 1.92 bits per heavy atom. The topological polar surface area (TPSA) is 35.5 Å². The Bertz CT molecular complexity index is 98.7. The number of hydrogen-bond acceptors (Lipinski definition) is 3. The zero-order chi connectivity index (χ0) is 9.56. The maximum Gasteiger partial charge on any atom is 0.0704 e. The third-order valence-corrected chi connectivity index (χ3v) is 2.10. The molecule has 0 radical (unpaired) electrons. The first-order valence-corrected chi connectivity index (χ1v) is 4.64. The van der Waals surface area contributed by atoms with Gasteiger partial charge in [-0.05, 0) is 26.6 Å². The number of β-amino-alcohol motifs (C(OH)–C–C–N with tert-alkyl or cyclic N) is 1. The van der Waals surface area contributed by atoms with Crippen molar-refractivity contribution in [2.45, 2.75) is 20.0 Å². The first-order valence-electron chi connectivity index (χ1n) is 4.64. The molecule has 1 rings (SSSR count). The van der Waals surface area contributed by atoms with Crippen LogP contribution in [0, 0.1) is 5.92 Å². The van der Waals surface area contributed by atoms with Gasteiger partial charge >= 0.3 is 0 Å². The molecule has 1 fully saturated rings. The van der Waals surface area contributed by atoms with Gasteiger partial charge in [0.05, 0.1) is 6.10 Å². The van der Waals surface area contributed by atoms with Crippen molar-refractivity contribution in [2.24, 2.45) is 5.92 Å². The Kier molecular flexibility index (Phi) is 6.34. The quantitative estimate of drug-likeness (QED) is 0.594. The van der Waals surface area contributed by atoms with E-state index in [4.69, 9.17) is 0 Å². The number of likely N-dealkylation sites (N-methyl/N-ethyl adjacent to an activating group) is 1. The highest BCUT2D eigenvalue weighted by atomic mass is 16.3. The van der Waals surface area contributed by atoms with Crippen molar-refractivity contribution in [2.75, 3.05) is 33.7 Å². The van der Waals surface area contributed by atoms with Gasteiger partial charge in [0.25, 0.3) is 0 Å². The van der Waals surface area contributed by atoms with Crippen molar-refractivity contribution >= 4 is 0 Å². The van der Waals surface area contributed by atoms with Crippen LogP contribution in [0.2, 0.25) is 0 Å². The van der Waals surface area contributed by atoms with Crippen molar-refractivity contribution in [1.82, 2.24) is 10.2 Å². The molecule has 1 heterocycles. The predicted molar refractivity (Wildman–Crippen MR) is 52.3 cm³/mol. The van der Waals surface area contributed by atoms with Gasteiger partial charge in [0.15, 0.2) is 0 Å². The van der Waals surface area contributed by atoms with Gasteiger partial charge in [0.2, 0.25) is 0 Å². The fourth-order valence-electron chi connectivity index (χ4n) is 1.31. The van der Waals surface area contributed by atoms with Crippen LogP contribution in [0.15, 0.2) is 0 Å². The Morgan fingerprint density at radius 1 is 1.42 bits per heavy atom. The molecule has 2 atom stereocenters. The lowest BCUT2D eigenvalue weighted by Gasteiger charge is -2.09. The molecule has 0 amide bonds. The number of nitrogens with one attached hydrogen (secondary N) is 1. The van der Waals surface area contributed by atoms with Gasteiger partial charge in [-0.2, -0.15) is 0 Å². The Balaban J connectivity index is 0.000000354. The molecular formula is C9H22N2O. The Labute approximate surface area is 75.8 Å². The third-order valence-electron chi connectivity index (χ3n) is 2.10. The zero-order valence-corrected chi connectivity index (χ0v) is 8.67. The Morgan fingerprint density at radius 3 is 2.08 bits per heavy atom. The largest absolute Gasteiger partial charge is 0.391 e. The summed E-state index contributed by atoms with van der Waals surface area (Å²) in [5.41, 5.74) is 0. The second-order valence-electron chi connectivity index (χ2n) is 3.40. The predicted octanol–water partition coefficient (Wildman–Crippen LogP) is 0.155. The van der Waals surface area contributed by atoms with E-state index in [1.807, 2.05) is 14.1 Å². The van der Waals surface area contributed by atoms with Crippen molar-refractivity contribution in [3.05, 3.63) is 0 Å². The van der Waals surface area contributed by atoms with Gasteiger partial charge in [0.1, 0.15) is 0 Å². The van der Waals surface area contributed by atoms with Crippen LogP contribution in [0.4, 0.5) is 0 Å². The van der Waals surface area contributed by atoms with E-state index in [1.165, 1.54) is 0 Å². The van der Waals surface area contributed by atoms with Crippen molar-refractivity contribution in [3.63, 3.8) is 0 Å². The molecule has 0 aliphatic carbocycles. The maximum atomic E-state index is 9.26. The van der Waals surface area contributed by atoms with Gasteiger partial charge < -0.3 is 15.3 Å². The van der Waals surface area contributed by atoms with Crippen LogP contribution in [0.5, 0.6) is 0 Å². The number of aliphatic hydroxyl groups is 1. The van der Waals surface area contributed by atoms with Crippen LogP contribution in [0.25, 0.3) is 0 Å². The molecule has 0 spiro atoms. The van der Waals surface area contributed by atoms with Gasteiger partial charge in [-0.1, -0.05) is 13.8 Å². The minimum absolute atomic E-state index is 0.0788. The third kappa shape index (κ3) is 4.04. The minimum Gasteiger partial charge on any atom is -0.391 e. The Hall–Kier alpha value is -0.120. The maximum absolute atomic E-state index is 9.26. The number of likely N-dealkylation sites (tertiary alicyclic amines) is 1. The molecule has 0 aromatic heterocycles. The zero-order valence-electron chi connectivity index (χ0n) is 8.67. The normalized spacial score (nSPS) is 29.8. The average molecular weight is 174 g/mol. The average Bonchev–Trinajstić information content (AvgIpc) is 2.33. The minimum atomic E-state index is -0.0788. The lowest BCUT2D eigenvalue weighted by molar-refractivity contribution is 0.149. The molecule has 74 valence electrons. The summed E-state index contributed by atoms with van der Waals surface area (Å²) in [6.45, 7) is 7.24. The van der Waals surface area contributed by atoms with E-state index in [0.29, 0.717) is 5.92 Å². The van der Waals surface area contributed by atoms with E-state index in [0.717, 1.165) is 19.6 Å². The first kappa shape index (κ1) is 11.9. The first-order chi connectivity index (χ1) is 5.65. The second kappa shape index (κ2) is 6.40. The highest BCUT2D eigenvalue weighted by Crippen LogP contribution is 2.14. The summed E-state index contributed by atoms with van der Waals surface area (Å²) in [5, 5.41) is 12.0. The fourth-order valence-corrected chi connectivity index (χ4v) is 1.31. The van der Waals surface area contributed by atoms with Crippen LogP contribution in [-0.2, 0) is 0 Å². The lowest BCUT2D eigenvalue weighted by atomic mass is 10.1. The van der Waals surface area contributed by atoms with E-state index >= 15 is 0 Å². The summed E-state index contributed by atoms with van der Waals surface area (Å²) in [4.78, 5) is 2.27. The molecule has 2 N–H and O–H groups in total. The van der Waals surface area contributed by atoms with Crippen molar-refractivity contribution < 1.29 is 5.11 Å². The molecule has 12 heavy (non-hydrogen) atoms.